The Morgan fingerprint density at radius 1 is 1.07 bits per heavy atom. The number of benzene rings is 1. The summed E-state index contributed by atoms with van der Waals surface area (Å²) < 4.78 is 50.4. The smallest absolute Gasteiger partial charge is 0.391 e. The van der Waals surface area contributed by atoms with Crippen LogP contribution in [0.4, 0.5) is 13.2 Å². The van der Waals surface area contributed by atoms with Crippen molar-refractivity contribution in [1.29, 1.82) is 0 Å². The van der Waals surface area contributed by atoms with Gasteiger partial charge in [-0.2, -0.15) is 13.2 Å². The highest BCUT2D eigenvalue weighted by Gasteiger charge is 2.47. The molecule has 1 aromatic rings. The fraction of sp³-hybridized carbons (Fsp3) is 0.667. The fourth-order valence-corrected chi connectivity index (χ4v) is 2.79. The van der Waals surface area contributed by atoms with Crippen LogP contribution in [0.5, 0.6) is 5.75 Å². The van der Waals surface area contributed by atoms with E-state index in [4.69, 9.17) is 15.2 Å². The number of hydrogen-bond acceptors (Lipinski definition) is 4. The third-order valence-corrected chi connectivity index (χ3v) is 4.06. The van der Waals surface area contributed by atoms with Crippen LogP contribution in [0, 0.1) is 0 Å². The molecule has 0 saturated heterocycles. The summed E-state index contributed by atoms with van der Waals surface area (Å²) in [6, 6.07) is 6.73. The Kier molecular flexibility index (Phi) is 8.79. The summed E-state index contributed by atoms with van der Waals surface area (Å²) >= 11 is 0. The van der Waals surface area contributed by atoms with Gasteiger partial charge in [0.25, 0.3) is 0 Å². The van der Waals surface area contributed by atoms with Gasteiger partial charge in [0.1, 0.15) is 16.9 Å². The van der Waals surface area contributed by atoms with Gasteiger partial charge in [-0.25, -0.2) is 0 Å². The molecule has 2 N–H and O–H groups in total. The van der Waals surface area contributed by atoms with Crippen molar-refractivity contribution in [2.24, 2.45) is 5.73 Å². The number of carbonyl (C=O) groups is 1. The Morgan fingerprint density at radius 3 is 2.29 bits per heavy atom. The molecule has 0 spiro atoms. The van der Waals surface area contributed by atoms with Crippen molar-refractivity contribution in [2.45, 2.75) is 83.5 Å². The van der Waals surface area contributed by atoms with Crippen LogP contribution in [0.3, 0.4) is 0 Å². The average Bonchev–Trinajstić information content (AvgIpc) is 2.53. The molecule has 0 heterocycles. The molecule has 0 amide bonds. The molecule has 1 atom stereocenters. The van der Waals surface area contributed by atoms with E-state index in [0.29, 0.717) is 17.9 Å². The predicted octanol–water partition coefficient (Wildman–Crippen LogP) is 5.18. The number of esters is 1. The van der Waals surface area contributed by atoms with E-state index in [1.54, 1.807) is 45.0 Å². The van der Waals surface area contributed by atoms with E-state index in [2.05, 4.69) is 6.92 Å². The van der Waals surface area contributed by atoms with Crippen LogP contribution < -0.4 is 10.5 Å². The van der Waals surface area contributed by atoms with Gasteiger partial charge in [0.05, 0.1) is 13.0 Å². The minimum absolute atomic E-state index is 0.327. The summed E-state index contributed by atoms with van der Waals surface area (Å²) in [6.45, 7) is 7.33. The SMILES string of the molecule is CCCCCCOc1ccccc1C[C@](N)(CC(F)(F)F)C(=O)OC(C)(C)C. The predicted molar refractivity (Wildman–Crippen MR) is 103 cm³/mol. The molecule has 0 aliphatic carbocycles. The van der Waals surface area contributed by atoms with Crippen molar-refractivity contribution >= 4 is 5.97 Å². The van der Waals surface area contributed by atoms with Crippen molar-refractivity contribution in [1.82, 2.24) is 0 Å². The lowest BCUT2D eigenvalue weighted by Gasteiger charge is -2.32. The lowest BCUT2D eigenvalue weighted by molar-refractivity contribution is -0.179. The third-order valence-electron chi connectivity index (χ3n) is 4.06. The molecular weight excluding hydrogens is 371 g/mol. The first-order chi connectivity index (χ1) is 12.9. The molecule has 0 unspecified atom stereocenters. The summed E-state index contributed by atoms with van der Waals surface area (Å²) in [7, 11) is 0. The van der Waals surface area contributed by atoms with Gasteiger partial charge in [-0.1, -0.05) is 44.4 Å². The normalized spacial score (nSPS) is 14.4. The van der Waals surface area contributed by atoms with Gasteiger partial charge in [0.2, 0.25) is 0 Å². The molecule has 7 heteroatoms. The first kappa shape index (κ1) is 24.3. The number of unbranched alkanes of at least 4 members (excludes halogenated alkanes) is 3. The highest BCUT2D eigenvalue weighted by molar-refractivity contribution is 5.81. The van der Waals surface area contributed by atoms with Gasteiger partial charge in [-0.3, -0.25) is 4.79 Å². The third kappa shape index (κ3) is 8.95. The molecule has 28 heavy (non-hydrogen) atoms. The molecule has 0 bridgehead atoms. The second-order valence-corrected chi connectivity index (χ2v) is 8.14. The van der Waals surface area contributed by atoms with E-state index in [9.17, 15) is 18.0 Å². The van der Waals surface area contributed by atoms with Crippen molar-refractivity contribution in [2.75, 3.05) is 6.61 Å². The monoisotopic (exact) mass is 403 g/mol. The summed E-state index contributed by atoms with van der Waals surface area (Å²) in [6.07, 6.45) is -2.34. The van der Waals surface area contributed by atoms with E-state index in [1.165, 1.54) is 0 Å². The maximum Gasteiger partial charge on any atom is 0.391 e. The second kappa shape index (κ2) is 10.1. The van der Waals surface area contributed by atoms with Gasteiger partial charge >= 0.3 is 12.1 Å². The number of halogens is 3. The largest absolute Gasteiger partial charge is 0.493 e. The maximum atomic E-state index is 13.1. The average molecular weight is 403 g/mol. The minimum Gasteiger partial charge on any atom is -0.493 e. The number of rotatable bonds is 10. The van der Waals surface area contributed by atoms with Crippen molar-refractivity contribution in [3.05, 3.63) is 29.8 Å². The number of ether oxygens (including phenoxy) is 2. The zero-order chi connectivity index (χ0) is 21.4. The molecule has 0 aliphatic rings. The molecule has 160 valence electrons. The molecule has 0 fully saturated rings. The summed E-state index contributed by atoms with van der Waals surface area (Å²) in [5, 5.41) is 0. The lowest BCUT2D eigenvalue weighted by atomic mass is 9.87. The summed E-state index contributed by atoms with van der Waals surface area (Å²) in [5.41, 5.74) is 3.26. The minimum atomic E-state index is -4.61. The van der Waals surface area contributed by atoms with Gasteiger partial charge in [-0.15, -0.1) is 0 Å². The quantitative estimate of drug-likeness (QED) is 0.432. The molecule has 1 aromatic carbocycles. The second-order valence-electron chi connectivity index (χ2n) is 8.14. The van der Waals surface area contributed by atoms with Crippen molar-refractivity contribution in [3.63, 3.8) is 0 Å². The van der Waals surface area contributed by atoms with Crippen LogP contribution in [-0.2, 0) is 16.0 Å². The Morgan fingerprint density at radius 2 is 1.71 bits per heavy atom. The maximum absolute atomic E-state index is 13.1. The van der Waals surface area contributed by atoms with Crippen LogP contribution in [0.2, 0.25) is 0 Å². The van der Waals surface area contributed by atoms with Gasteiger partial charge < -0.3 is 15.2 Å². The number of carbonyl (C=O) groups excluding carboxylic acids is 1. The van der Waals surface area contributed by atoms with Crippen LogP contribution in [0.15, 0.2) is 24.3 Å². The van der Waals surface area contributed by atoms with Crippen LogP contribution in [-0.4, -0.2) is 29.9 Å². The molecular formula is C21H32F3NO3. The molecule has 4 nitrogen and oxygen atoms in total. The van der Waals surface area contributed by atoms with Crippen LogP contribution in [0.1, 0.15) is 65.4 Å². The Labute approximate surface area is 165 Å². The van der Waals surface area contributed by atoms with E-state index in [0.717, 1.165) is 25.7 Å². The summed E-state index contributed by atoms with van der Waals surface area (Å²) in [4.78, 5) is 12.5. The van der Waals surface area contributed by atoms with Gasteiger partial charge in [0, 0.05) is 6.42 Å². The Balaban J connectivity index is 3.00. The highest BCUT2D eigenvalue weighted by atomic mass is 19.4. The zero-order valence-electron chi connectivity index (χ0n) is 17.2. The summed E-state index contributed by atoms with van der Waals surface area (Å²) in [5.74, 6) is -0.630. The standard InChI is InChI=1S/C21H32F3NO3/c1-5-6-7-10-13-27-17-12-9-8-11-16(17)14-20(25,15-21(22,23)24)18(26)28-19(2,3)4/h8-9,11-12H,5-7,10,13-15,25H2,1-4H3/t20-/m0/s1. The fourth-order valence-electron chi connectivity index (χ4n) is 2.79. The van der Waals surface area contributed by atoms with Crippen LogP contribution >= 0.6 is 0 Å². The topological polar surface area (TPSA) is 61.5 Å². The Hall–Kier alpha value is -1.76. The molecule has 0 aromatic heterocycles. The highest BCUT2D eigenvalue weighted by Crippen LogP contribution is 2.33. The lowest BCUT2D eigenvalue weighted by Crippen LogP contribution is -2.55. The van der Waals surface area contributed by atoms with E-state index in [-0.39, 0.29) is 6.42 Å². The van der Waals surface area contributed by atoms with E-state index >= 15 is 0 Å². The van der Waals surface area contributed by atoms with E-state index in [1.807, 2.05) is 0 Å². The first-order valence-electron chi connectivity index (χ1n) is 9.66. The van der Waals surface area contributed by atoms with Gasteiger partial charge in [-0.05, 0) is 38.8 Å². The van der Waals surface area contributed by atoms with Crippen molar-refractivity contribution < 1.29 is 27.4 Å². The molecule has 0 aliphatic heterocycles. The number of para-hydroxylation sites is 1. The number of alkyl halides is 3. The van der Waals surface area contributed by atoms with E-state index < -0.39 is 29.7 Å². The Bertz CT molecular complexity index is 626. The van der Waals surface area contributed by atoms with Gasteiger partial charge in [0.15, 0.2) is 0 Å². The zero-order valence-corrected chi connectivity index (χ0v) is 17.2. The molecule has 1 rings (SSSR count). The first-order valence-corrected chi connectivity index (χ1v) is 9.66. The number of hydrogen-bond donors (Lipinski definition) is 1. The van der Waals surface area contributed by atoms with Crippen molar-refractivity contribution in [3.8, 4) is 5.75 Å². The number of nitrogens with two attached hydrogens (primary N) is 1. The molecule has 0 saturated carbocycles. The molecule has 0 radical (unpaired) electrons. The van der Waals surface area contributed by atoms with Crippen LogP contribution in [0.25, 0.3) is 0 Å².